The van der Waals surface area contributed by atoms with Crippen LogP contribution in [0.3, 0.4) is 0 Å². The van der Waals surface area contributed by atoms with E-state index in [1.54, 1.807) is 22.7 Å². The maximum absolute atomic E-state index is 4.62. The standard InChI is InChI=1S/C11H16N4S2/c1-7-14-15-10(17-7)12-5-8-6-16-9(13-8)11(2,3)4/h6H,5H2,1-4H3,(H,12,15). The van der Waals surface area contributed by atoms with Crippen molar-refractivity contribution < 1.29 is 0 Å². The first-order valence-electron chi connectivity index (χ1n) is 5.44. The van der Waals surface area contributed by atoms with Gasteiger partial charge in [0.05, 0.1) is 17.2 Å². The molecule has 0 aliphatic rings. The van der Waals surface area contributed by atoms with Gasteiger partial charge in [-0.05, 0) is 6.92 Å². The molecule has 0 bridgehead atoms. The summed E-state index contributed by atoms with van der Waals surface area (Å²) < 4.78 is 0. The van der Waals surface area contributed by atoms with E-state index in [1.165, 1.54) is 5.01 Å². The maximum atomic E-state index is 4.62. The number of anilines is 1. The van der Waals surface area contributed by atoms with Crippen molar-refractivity contribution in [2.45, 2.75) is 39.7 Å². The first-order chi connectivity index (χ1) is 7.95. The molecule has 0 aromatic carbocycles. The highest BCUT2D eigenvalue weighted by Gasteiger charge is 2.17. The zero-order valence-corrected chi connectivity index (χ0v) is 12.1. The number of nitrogens with zero attached hydrogens (tertiary/aromatic N) is 3. The van der Waals surface area contributed by atoms with Gasteiger partial charge in [0.1, 0.15) is 5.01 Å². The Bertz CT molecular complexity index is 496. The van der Waals surface area contributed by atoms with E-state index < -0.39 is 0 Å². The fourth-order valence-electron chi connectivity index (χ4n) is 1.27. The second-order valence-electron chi connectivity index (χ2n) is 4.87. The molecule has 0 radical (unpaired) electrons. The quantitative estimate of drug-likeness (QED) is 0.928. The van der Waals surface area contributed by atoms with E-state index >= 15 is 0 Å². The van der Waals surface area contributed by atoms with Crippen LogP contribution in [0.15, 0.2) is 5.38 Å². The minimum absolute atomic E-state index is 0.127. The Morgan fingerprint density at radius 2 is 2.06 bits per heavy atom. The van der Waals surface area contributed by atoms with Gasteiger partial charge < -0.3 is 5.32 Å². The summed E-state index contributed by atoms with van der Waals surface area (Å²) in [6.45, 7) is 9.19. The molecule has 1 N–H and O–H groups in total. The summed E-state index contributed by atoms with van der Waals surface area (Å²) in [5.41, 5.74) is 1.19. The van der Waals surface area contributed by atoms with E-state index in [1.807, 2.05) is 6.92 Å². The number of aromatic nitrogens is 3. The largest absolute Gasteiger partial charge is 0.354 e. The number of hydrogen-bond donors (Lipinski definition) is 1. The normalized spacial score (nSPS) is 11.8. The van der Waals surface area contributed by atoms with Crippen LogP contribution in [0.2, 0.25) is 0 Å². The van der Waals surface area contributed by atoms with Gasteiger partial charge in [-0.25, -0.2) is 4.98 Å². The summed E-state index contributed by atoms with van der Waals surface area (Å²) in [6.07, 6.45) is 0. The van der Waals surface area contributed by atoms with Crippen LogP contribution >= 0.6 is 22.7 Å². The minimum Gasteiger partial charge on any atom is -0.354 e. The van der Waals surface area contributed by atoms with Crippen molar-refractivity contribution in [3.63, 3.8) is 0 Å². The van der Waals surface area contributed by atoms with Crippen LogP contribution in [0.4, 0.5) is 5.13 Å². The van der Waals surface area contributed by atoms with E-state index in [4.69, 9.17) is 0 Å². The monoisotopic (exact) mass is 268 g/mol. The fraction of sp³-hybridized carbons (Fsp3) is 0.545. The first kappa shape index (κ1) is 12.4. The molecule has 2 heterocycles. The molecule has 2 rings (SSSR count). The fourth-order valence-corrected chi connectivity index (χ4v) is 2.76. The van der Waals surface area contributed by atoms with Crippen molar-refractivity contribution in [2.75, 3.05) is 5.32 Å². The molecule has 92 valence electrons. The molecule has 0 atom stereocenters. The summed E-state index contributed by atoms with van der Waals surface area (Å²) in [7, 11) is 0. The van der Waals surface area contributed by atoms with E-state index in [-0.39, 0.29) is 5.41 Å². The van der Waals surface area contributed by atoms with Gasteiger partial charge in [0.15, 0.2) is 0 Å². The van der Waals surface area contributed by atoms with Crippen molar-refractivity contribution in [3.05, 3.63) is 21.1 Å². The lowest BCUT2D eigenvalue weighted by Gasteiger charge is -2.13. The average Bonchev–Trinajstić information content (AvgIpc) is 2.82. The number of aryl methyl sites for hydroxylation is 1. The van der Waals surface area contributed by atoms with Crippen LogP contribution < -0.4 is 5.32 Å². The maximum Gasteiger partial charge on any atom is 0.205 e. The predicted octanol–water partition coefficient (Wildman–Crippen LogP) is 3.21. The van der Waals surface area contributed by atoms with E-state index in [0.717, 1.165) is 15.8 Å². The van der Waals surface area contributed by atoms with Crippen molar-refractivity contribution in [3.8, 4) is 0 Å². The highest BCUT2D eigenvalue weighted by molar-refractivity contribution is 7.15. The Hall–Kier alpha value is -1.01. The Morgan fingerprint density at radius 3 is 2.59 bits per heavy atom. The molecule has 2 aromatic heterocycles. The second kappa shape index (κ2) is 4.70. The number of thiazole rings is 1. The highest BCUT2D eigenvalue weighted by atomic mass is 32.1. The molecule has 0 fully saturated rings. The van der Waals surface area contributed by atoms with Gasteiger partial charge >= 0.3 is 0 Å². The molecule has 6 heteroatoms. The summed E-state index contributed by atoms with van der Waals surface area (Å²) in [6, 6.07) is 0. The summed E-state index contributed by atoms with van der Waals surface area (Å²) >= 11 is 3.27. The van der Waals surface area contributed by atoms with Gasteiger partial charge in [0.25, 0.3) is 0 Å². The van der Waals surface area contributed by atoms with E-state index in [2.05, 4.69) is 46.6 Å². The van der Waals surface area contributed by atoms with Crippen molar-refractivity contribution in [2.24, 2.45) is 0 Å². The summed E-state index contributed by atoms with van der Waals surface area (Å²) in [4.78, 5) is 4.62. The zero-order valence-electron chi connectivity index (χ0n) is 10.4. The molecular formula is C11H16N4S2. The SMILES string of the molecule is Cc1nnc(NCc2csc(C(C)(C)C)n2)s1. The minimum atomic E-state index is 0.127. The smallest absolute Gasteiger partial charge is 0.205 e. The lowest BCUT2D eigenvalue weighted by atomic mass is 9.98. The molecule has 0 saturated heterocycles. The predicted molar refractivity (Wildman–Crippen MR) is 72.8 cm³/mol. The Kier molecular flexibility index (Phi) is 3.44. The van der Waals surface area contributed by atoms with Gasteiger partial charge in [-0.1, -0.05) is 32.1 Å². The molecule has 2 aromatic rings. The number of nitrogens with one attached hydrogen (secondary N) is 1. The van der Waals surface area contributed by atoms with Crippen LogP contribution in [0.1, 0.15) is 36.5 Å². The van der Waals surface area contributed by atoms with Gasteiger partial charge in [-0.2, -0.15) is 0 Å². The van der Waals surface area contributed by atoms with E-state index in [9.17, 15) is 0 Å². The third kappa shape index (κ3) is 3.23. The molecule has 0 aliphatic heterocycles. The molecule has 0 amide bonds. The van der Waals surface area contributed by atoms with Gasteiger partial charge in [0, 0.05) is 10.8 Å². The molecular weight excluding hydrogens is 252 g/mol. The molecule has 0 aliphatic carbocycles. The Balaban J connectivity index is 1.98. The number of rotatable bonds is 3. The third-order valence-corrected chi connectivity index (χ3v) is 4.25. The summed E-state index contributed by atoms with van der Waals surface area (Å²) in [5, 5.41) is 16.3. The van der Waals surface area contributed by atoms with Crippen LogP contribution in [0, 0.1) is 6.92 Å². The first-order valence-corrected chi connectivity index (χ1v) is 7.13. The highest BCUT2D eigenvalue weighted by Crippen LogP contribution is 2.26. The molecule has 0 unspecified atom stereocenters. The summed E-state index contributed by atoms with van der Waals surface area (Å²) in [5.74, 6) is 0. The van der Waals surface area contributed by atoms with Gasteiger partial charge in [0.2, 0.25) is 5.13 Å². The lowest BCUT2D eigenvalue weighted by molar-refractivity contribution is 0.583. The topological polar surface area (TPSA) is 50.7 Å². The van der Waals surface area contributed by atoms with Crippen LogP contribution in [0.5, 0.6) is 0 Å². The van der Waals surface area contributed by atoms with Crippen molar-refractivity contribution in [1.82, 2.24) is 15.2 Å². The lowest BCUT2D eigenvalue weighted by Crippen LogP contribution is -2.11. The number of hydrogen-bond acceptors (Lipinski definition) is 6. The van der Waals surface area contributed by atoms with Crippen molar-refractivity contribution in [1.29, 1.82) is 0 Å². The van der Waals surface area contributed by atoms with E-state index in [0.29, 0.717) is 6.54 Å². The second-order valence-corrected chi connectivity index (χ2v) is 6.91. The average molecular weight is 268 g/mol. The van der Waals surface area contributed by atoms with Crippen LogP contribution in [-0.4, -0.2) is 15.2 Å². The van der Waals surface area contributed by atoms with Gasteiger partial charge in [-0.15, -0.1) is 21.5 Å². The Morgan fingerprint density at radius 1 is 1.29 bits per heavy atom. The molecule has 0 saturated carbocycles. The van der Waals surface area contributed by atoms with Crippen LogP contribution in [-0.2, 0) is 12.0 Å². The van der Waals surface area contributed by atoms with Crippen molar-refractivity contribution >= 4 is 27.8 Å². The molecule has 0 spiro atoms. The third-order valence-electron chi connectivity index (χ3n) is 2.14. The molecule has 17 heavy (non-hydrogen) atoms. The Labute approximate surface area is 109 Å². The molecule has 4 nitrogen and oxygen atoms in total. The zero-order chi connectivity index (χ0) is 12.5. The van der Waals surface area contributed by atoms with Crippen LogP contribution in [0.25, 0.3) is 0 Å². The van der Waals surface area contributed by atoms with Gasteiger partial charge in [-0.3, -0.25) is 0 Å².